The molecule has 8 nitrogen and oxygen atoms in total. The van der Waals surface area contributed by atoms with E-state index in [-0.39, 0.29) is 42.3 Å². The summed E-state index contributed by atoms with van der Waals surface area (Å²) < 4.78 is 91.1. The van der Waals surface area contributed by atoms with Crippen molar-refractivity contribution in [2.75, 3.05) is 23.9 Å². The predicted octanol–water partition coefficient (Wildman–Crippen LogP) is 7.57. The summed E-state index contributed by atoms with van der Waals surface area (Å²) in [5.74, 6) is 0.359. The van der Waals surface area contributed by atoms with Gasteiger partial charge in [-0.1, -0.05) is 6.92 Å². The molecule has 0 radical (unpaired) electrons. The van der Waals surface area contributed by atoms with Gasteiger partial charge in [0, 0.05) is 24.7 Å². The number of anilines is 2. The van der Waals surface area contributed by atoms with Crippen LogP contribution in [0.2, 0.25) is 0 Å². The monoisotopic (exact) mass is 661 g/mol. The van der Waals surface area contributed by atoms with Crippen LogP contribution in [-0.2, 0) is 23.5 Å². The Morgan fingerprint density at radius 2 is 1.74 bits per heavy atom. The maximum Gasteiger partial charge on any atom is 0.416 e. The molecule has 1 N–H and O–H groups in total. The maximum atomic E-state index is 13.4. The summed E-state index contributed by atoms with van der Waals surface area (Å²) in [6.07, 6.45) is -8.51. The highest BCUT2D eigenvalue weighted by atomic mass is 79.9. The minimum atomic E-state index is -4.97. The van der Waals surface area contributed by atoms with E-state index in [2.05, 4.69) is 36.2 Å². The van der Waals surface area contributed by atoms with E-state index in [1.165, 1.54) is 18.2 Å². The van der Waals surface area contributed by atoms with E-state index in [9.17, 15) is 31.1 Å². The van der Waals surface area contributed by atoms with Crippen molar-refractivity contribution in [2.24, 2.45) is 0 Å². The first-order valence-corrected chi connectivity index (χ1v) is 13.6. The Morgan fingerprint density at radius 1 is 1.07 bits per heavy atom. The second kappa shape index (κ2) is 12.3. The molecule has 0 spiro atoms. The molecule has 15 heteroatoms. The second-order valence-electron chi connectivity index (χ2n) is 9.40. The van der Waals surface area contributed by atoms with Gasteiger partial charge >= 0.3 is 18.4 Å². The summed E-state index contributed by atoms with van der Waals surface area (Å²) in [5.41, 5.74) is -1.94. The van der Waals surface area contributed by atoms with Crippen molar-refractivity contribution in [1.82, 2.24) is 15.0 Å². The second-order valence-corrected chi connectivity index (χ2v) is 10.3. The van der Waals surface area contributed by atoms with Crippen LogP contribution in [-0.4, -0.2) is 40.8 Å². The molecule has 226 valence electrons. The van der Waals surface area contributed by atoms with Crippen molar-refractivity contribution >= 4 is 33.7 Å². The minimum absolute atomic E-state index is 0.0660. The number of hydrogen-bond acceptors (Lipinski definition) is 7. The van der Waals surface area contributed by atoms with Gasteiger partial charge in [-0.3, -0.25) is 4.90 Å². The van der Waals surface area contributed by atoms with E-state index < -0.39 is 35.6 Å². The number of benzene rings is 1. The van der Waals surface area contributed by atoms with Gasteiger partial charge in [-0.25, -0.2) is 19.7 Å². The van der Waals surface area contributed by atoms with Crippen molar-refractivity contribution in [3.8, 4) is 5.88 Å². The van der Waals surface area contributed by atoms with Crippen LogP contribution in [0.1, 0.15) is 60.8 Å². The topological polar surface area (TPSA) is 89.5 Å². The third kappa shape index (κ3) is 6.88. The number of pyridine rings is 1. The zero-order valence-corrected chi connectivity index (χ0v) is 24.2. The molecule has 1 aliphatic heterocycles. The maximum absolute atomic E-state index is 13.4. The highest BCUT2D eigenvalue weighted by Crippen LogP contribution is 2.41. The summed E-state index contributed by atoms with van der Waals surface area (Å²) >= 11 is 3.25. The van der Waals surface area contributed by atoms with Crippen LogP contribution in [0.15, 0.2) is 41.0 Å². The third-order valence-electron chi connectivity index (χ3n) is 6.62. The van der Waals surface area contributed by atoms with Gasteiger partial charge in [0.25, 0.3) is 0 Å². The number of ether oxygens (including phenoxy) is 2. The summed E-state index contributed by atoms with van der Waals surface area (Å²) in [6, 6.07) is 3.90. The lowest BCUT2D eigenvalue weighted by atomic mass is 9.93. The smallest absolute Gasteiger partial charge is 0.416 e. The minimum Gasteiger partial charge on any atom is -0.481 e. The number of halogens is 7. The fraction of sp³-hybridized carbons (Fsp3) is 0.407. The summed E-state index contributed by atoms with van der Waals surface area (Å²) in [5, 5.41) is 3.17. The first kappa shape index (κ1) is 31.3. The number of rotatable bonds is 7. The number of amides is 1. The van der Waals surface area contributed by atoms with E-state index in [0.717, 1.165) is 0 Å². The summed E-state index contributed by atoms with van der Waals surface area (Å²) in [6.45, 7) is 3.79. The Balaban J connectivity index is 1.69. The largest absolute Gasteiger partial charge is 0.481 e. The molecule has 1 amide bonds. The molecule has 4 rings (SSSR count). The first-order chi connectivity index (χ1) is 19.7. The van der Waals surface area contributed by atoms with E-state index in [1.54, 1.807) is 19.1 Å². The molecule has 1 aliphatic rings. The standard InChI is InChI=1S/C27H26BrF6N5O3/c1-4-17-12-20(23-21(6-7-22(38-23)41-3)39(17)25(40)42-5-2)37-24-35-13-18(28)19(36-24)10-14-8-15(26(29,30)31)11-16(9-14)27(32,33)34/h6-9,11,13,17,20H,4-5,10,12H2,1-3H3,(H,35,36,37)/t17-,20+/m0/s1. The molecule has 1 aromatic carbocycles. The molecule has 3 aromatic rings. The molecule has 3 heterocycles. The third-order valence-corrected chi connectivity index (χ3v) is 7.29. The van der Waals surface area contributed by atoms with Crippen LogP contribution in [0.25, 0.3) is 0 Å². The van der Waals surface area contributed by atoms with Crippen molar-refractivity contribution in [1.29, 1.82) is 0 Å². The van der Waals surface area contributed by atoms with Crippen molar-refractivity contribution in [3.05, 3.63) is 69.1 Å². The van der Waals surface area contributed by atoms with Gasteiger partial charge in [0.15, 0.2) is 0 Å². The molecule has 0 bridgehead atoms. The number of alkyl halides is 6. The number of nitrogens with one attached hydrogen (secondary N) is 1. The van der Waals surface area contributed by atoms with Gasteiger partial charge in [-0.15, -0.1) is 0 Å². The normalized spacial score (nSPS) is 17.0. The number of aromatic nitrogens is 3. The molecule has 0 unspecified atom stereocenters. The molecule has 0 saturated heterocycles. The van der Waals surface area contributed by atoms with Crippen LogP contribution in [0.5, 0.6) is 5.88 Å². The average Bonchev–Trinajstić information content (AvgIpc) is 2.93. The fourth-order valence-corrected chi connectivity index (χ4v) is 5.02. The molecular weight excluding hydrogens is 636 g/mol. The molecule has 0 fully saturated rings. The molecule has 2 atom stereocenters. The summed E-state index contributed by atoms with van der Waals surface area (Å²) in [4.78, 5) is 27.5. The molecule has 2 aromatic heterocycles. The molecule has 0 saturated carbocycles. The number of methoxy groups -OCH3 is 1. The van der Waals surface area contributed by atoms with Gasteiger partial charge in [-0.05, 0) is 65.5 Å². The van der Waals surface area contributed by atoms with Gasteiger partial charge in [0.1, 0.15) is 0 Å². The Labute approximate surface area is 245 Å². The predicted molar refractivity (Wildman–Crippen MR) is 144 cm³/mol. The molecule has 0 aliphatic carbocycles. The fourth-order valence-electron chi connectivity index (χ4n) is 4.69. The quantitative estimate of drug-likeness (QED) is 0.261. The van der Waals surface area contributed by atoms with Crippen molar-refractivity contribution < 1.29 is 40.6 Å². The zero-order chi connectivity index (χ0) is 30.8. The van der Waals surface area contributed by atoms with E-state index in [1.807, 2.05) is 6.92 Å². The number of carbonyl (C=O) groups excluding carboxylic acids is 1. The van der Waals surface area contributed by atoms with E-state index in [0.29, 0.717) is 46.7 Å². The van der Waals surface area contributed by atoms with Crippen LogP contribution in [0.4, 0.5) is 42.8 Å². The van der Waals surface area contributed by atoms with Crippen LogP contribution < -0.4 is 15.0 Å². The Kier molecular flexibility index (Phi) is 9.18. The van der Waals surface area contributed by atoms with Gasteiger partial charge in [0.2, 0.25) is 11.8 Å². The van der Waals surface area contributed by atoms with Crippen molar-refractivity contribution in [3.63, 3.8) is 0 Å². The van der Waals surface area contributed by atoms with Crippen molar-refractivity contribution in [2.45, 2.75) is 57.5 Å². The zero-order valence-electron chi connectivity index (χ0n) is 22.6. The number of nitrogens with zero attached hydrogens (tertiary/aromatic N) is 4. The van der Waals surface area contributed by atoms with Gasteiger partial charge in [0.05, 0.1) is 52.4 Å². The van der Waals surface area contributed by atoms with E-state index in [4.69, 9.17) is 9.47 Å². The van der Waals surface area contributed by atoms with Crippen LogP contribution in [0.3, 0.4) is 0 Å². The Hall–Kier alpha value is -3.62. The SMILES string of the molecule is CCOC(=O)N1c2ccc(OC)nc2[C@H](Nc2ncc(Br)c(Cc3cc(C(F)(F)F)cc(C(F)(F)F)c3)n2)C[C@@H]1CC. The van der Waals surface area contributed by atoms with Crippen LogP contribution >= 0.6 is 15.9 Å². The lowest BCUT2D eigenvalue weighted by molar-refractivity contribution is -0.143. The first-order valence-electron chi connectivity index (χ1n) is 12.8. The lowest BCUT2D eigenvalue weighted by Crippen LogP contribution is -2.46. The number of fused-ring (bicyclic) bond motifs is 1. The molecule has 42 heavy (non-hydrogen) atoms. The number of hydrogen-bond donors (Lipinski definition) is 1. The lowest BCUT2D eigenvalue weighted by Gasteiger charge is -2.39. The highest BCUT2D eigenvalue weighted by molar-refractivity contribution is 9.10. The highest BCUT2D eigenvalue weighted by Gasteiger charge is 2.39. The van der Waals surface area contributed by atoms with E-state index >= 15 is 0 Å². The van der Waals surface area contributed by atoms with Gasteiger partial charge < -0.3 is 14.8 Å². The molecular formula is C27H26BrF6N5O3. The number of carbonyl (C=O) groups is 1. The van der Waals surface area contributed by atoms with Gasteiger partial charge in [-0.2, -0.15) is 26.3 Å². The Bertz CT molecular complexity index is 1420. The average molecular weight is 662 g/mol. The van der Waals surface area contributed by atoms with Crippen LogP contribution in [0, 0.1) is 0 Å². The summed E-state index contributed by atoms with van der Waals surface area (Å²) in [7, 11) is 1.44. The Morgan fingerprint density at radius 3 is 2.31 bits per heavy atom.